The SMILES string of the molecule is CC.COC(=O)c1ccc(C=C2CCN(C(=O)OC(C)(C)C)CC2)cc1. The van der Waals surface area contributed by atoms with Crippen molar-refractivity contribution in [2.45, 2.75) is 53.1 Å². The number of hydrogen-bond donors (Lipinski definition) is 0. The second-order valence-corrected chi connectivity index (χ2v) is 6.88. The van der Waals surface area contributed by atoms with Gasteiger partial charge in [0.2, 0.25) is 0 Å². The van der Waals surface area contributed by atoms with E-state index in [2.05, 4.69) is 6.08 Å². The predicted molar refractivity (Wildman–Crippen MR) is 104 cm³/mol. The van der Waals surface area contributed by atoms with E-state index in [1.165, 1.54) is 12.7 Å². The summed E-state index contributed by atoms with van der Waals surface area (Å²) in [6.45, 7) is 11.0. The van der Waals surface area contributed by atoms with Crippen LogP contribution in [0.15, 0.2) is 29.8 Å². The highest BCUT2D eigenvalue weighted by molar-refractivity contribution is 5.89. The molecule has 0 radical (unpaired) electrons. The van der Waals surface area contributed by atoms with E-state index in [1.54, 1.807) is 17.0 Å². The number of benzene rings is 1. The molecule has 1 aliphatic heterocycles. The van der Waals surface area contributed by atoms with Crippen molar-refractivity contribution in [3.05, 3.63) is 41.0 Å². The monoisotopic (exact) mass is 361 g/mol. The van der Waals surface area contributed by atoms with Crippen LogP contribution in [0.2, 0.25) is 0 Å². The van der Waals surface area contributed by atoms with Crippen molar-refractivity contribution in [2.75, 3.05) is 20.2 Å². The Morgan fingerprint density at radius 1 is 1.04 bits per heavy atom. The van der Waals surface area contributed by atoms with E-state index in [4.69, 9.17) is 9.47 Å². The Bertz CT molecular complexity index is 616. The normalized spacial score (nSPS) is 14.1. The largest absolute Gasteiger partial charge is 0.465 e. The maximum atomic E-state index is 12.0. The first kappa shape index (κ1) is 21.7. The zero-order valence-electron chi connectivity index (χ0n) is 16.8. The molecule has 0 spiro atoms. The van der Waals surface area contributed by atoms with E-state index in [9.17, 15) is 9.59 Å². The summed E-state index contributed by atoms with van der Waals surface area (Å²) in [7, 11) is 1.37. The first-order chi connectivity index (χ1) is 12.3. The van der Waals surface area contributed by atoms with Crippen molar-refractivity contribution in [3.63, 3.8) is 0 Å². The third kappa shape index (κ3) is 6.90. The average Bonchev–Trinajstić information content (AvgIpc) is 2.62. The van der Waals surface area contributed by atoms with E-state index in [0.717, 1.165) is 18.4 Å². The summed E-state index contributed by atoms with van der Waals surface area (Å²) in [6.07, 6.45) is 3.53. The number of amides is 1. The third-order valence-corrected chi connectivity index (χ3v) is 3.76. The van der Waals surface area contributed by atoms with Gasteiger partial charge in [0.05, 0.1) is 12.7 Å². The summed E-state index contributed by atoms with van der Waals surface area (Å²) in [5.41, 5.74) is 2.41. The minimum Gasteiger partial charge on any atom is -0.465 e. The molecule has 0 aliphatic carbocycles. The van der Waals surface area contributed by atoms with Crippen LogP contribution in [0, 0.1) is 0 Å². The minimum absolute atomic E-state index is 0.246. The van der Waals surface area contributed by atoms with Crippen LogP contribution in [-0.4, -0.2) is 42.8 Å². The molecule has 1 saturated heterocycles. The summed E-state index contributed by atoms with van der Waals surface area (Å²) in [5, 5.41) is 0. The van der Waals surface area contributed by atoms with Crippen LogP contribution in [0.3, 0.4) is 0 Å². The number of nitrogens with zero attached hydrogens (tertiary/aromatic N) is 1. The molecule has 0 aromatic heterocycles. The molecule has 0 N–H and O–H groups in total. The number of ether oxygens (including phenoxy) is 2. The lowest BCUT2D eigenvalue weighted by Crippen LogP contribution is -2.40. The van der Waals surface area contributed by atoms with E-state index in [1.807, 2.05) is 46.8 Å². The lowest BCUT2D eigenvalue weighted by atomic mass is 10.0. The Kier molecular flexibility index (Phi) is 8.36. The minimum atomic E-state index is -0.464. The number of esters is 1. The van der Waals surface area contributed by atoms with Crippen LogP contribution >= 0.6 is 0 Å². The molecule has 1 aliphatic rings. The summed E-state index contributed by atoms with van der Waals surface area (Å²) >= 11 is 0. The highest BCUT2D eigenvalue weighted by Crippen LogP contribution is 2.21. The molecular formula is C21H31NO4. The number of likely N-dealkylation sites (tertiary alicyclic amines) is 1. The van der Waals surface area contributed by atoms with Crippen LogP contribution in [0.5, 0.6) is 0 Å². The molecule has 0 unspecified atom stereocenters. The molecule has 26 heavy (non-hydrogen) atoms. The fourth-order valence-corrected chi connectivity index (χ4v) is 2.52. The summed E-state index contributed by atoms with van der Waals surface area (Å²) in [4.78, 5) is 25.2. The average molecular weight is 361 g/mol. The Balaban J connectivity index is 0.00000163. The van der Waals surface area contributed by atoms with Crippen molar-refractivity contribution in [3.8, 4) is 0 Å². The van der Waals surface area contributed by atoms with Crippen molar-refractivity contribution in [1.29, 1.82) is 0 Å². The highest BCUT2D eigenvalue weighted by Gasteiger charge is 2.24. The molecule has 0 atom stereocenters. The van der Waals surface area contributed by atoms with E-state index in [-0.39, 0.29) is 12.1 Å². The summed E-state index contributed by atoms with van der Waals surface area (Å²) in [6, 6.07) is 7.32. The second-order valence-electron chi connectivity index (χ2n) is 6.88. The molecule has 5 nitrogen and oxygen atoms in total. The van der Waals surface area contributed by atoms with Gasteiger partial charge in [0.1, 0.15) is 5.60 Å². The van der Waals surface area contributed by atoms with Crippen LogP contribution in [-0.2, 0) is 9.47 Å². The van der Waals surface area contributed by atoms with Gasteiger partial charge in [0.25, 0.3) is 0 Å². The quantitative estimate of drug-likeness (QED) is 0.702. The Morgan fingerprint density at radius 3 is 2.04 bits per heavy atom. The second kappa shape index (κ2) is 10.00. The number of carbonyl (C=O) groups is 2. The van der Waals surface area contributed by atoms with Crippen molar-refractivity contribution < 1.29 is 19.1 Å². The van der Waals surface area contributed by atoms with Gasteiger partial charge in [-0.1, -0.05) is 37.6 Å². The molecule has 1 fully saturated rings. The number of rotatable bonds is 2. The standard InChI is InChI=1S/C19H25NO4.C2H6/c1-19(2,3)24-18(22)20-11-9-15(10-12-20)13-14-5-7-16(8-6-14)17(21)23-4;1-2/h5-8,13H,9-12H2,1-4H3;1-2H3. The zero-order chi connectivity index (χ0) is 19.7. The molecule has 0 bridgehead atoms. The first-order valence-electron chi connectivity index (χ1n) is 9.14. The van der Waals surface area contributed by atoms with Crippen molar-refractivity contribution in [2.24, 2.45) is 0 Å². The fourth-order valence-electron chi connectivity index (χ4n) is 2.52. The maximum Gasteiger partial charge on any atom is 0.410 e. The lowest BCUT2D eigenvalue weighted by molar-refractivity contribution is 0.0236. The molecule has 1 aromatic rings. The van der Waals surface area contributed by atoms with Crippen molar-refractivity contribution >= 4 is 18.1 Å². The zero-order valence-corrected chi connectivity index (χ0v) is 16.8. The first-order valence-corrected chi connectivity index (χ1v) is 9.14. The summed E-state index contributed by atoms with van der Waals surface area (Å²) < 4.78 is 10.1. The van der Waals surface area contributed by atoms with Crippen LogP contribution in [0.1, 0.15) is 63.4 Å². The van der Waals surface area contributed by atoms with Gasteiger partial charge in [0.15, 0.2) is 0 Å². The molecule has 0 saturated carbocycles. The number of hydrogen-bond acceptors (Lipinski definition) is 4. The molecule has 144 valence electrons. The molecular weight excluding hydrogens is 330 g/mol. The molecule has 1 aromatic carbocycles. The highest BCUT2D eigenvalue weighted by atomic mass is 16.6. The van der Waals surface area contributed by atoms with Gasteiger partial charge in [-0.15, -0.1) is 0 Å². The number of piperidine rings is 1. The predicted octanol–water partition coefficient (Wildman–Crippen LogP) is 4.91. The van der Waals surface area contributed by atoms with E-state index in [0.29, 0.717) is 18.7 Å². The van der Waals surface area contributed by atoms with Gasteiger partial charge in [-0.05, 0) is 51.3 Å². The Morgan fingerprint density at radius 2 is 1.58 bits per heavy atom. The van der Waals surface area contributed by atoms with Gasteiger partial charge in [-0.3, -0.25) is 0 Å². The number of carbonyl (C=O) groups excluding carboxylic acids is 2. The van der Waals surface area contributed by atoms with Gasteiger partial charge < -0.3 is 14.4 Å². The molecule has 1 amide bonds. The van der Waals surface area contributed by atoms with Gasteiger partial charge >= 0.3 is 12.1 Å². The smallest absolute Gasteiger partial charge is 0.410 e. The maximum absolute atomic E-state index is 12.0. The topological polar surface area (TPSA) is 55.8 Å². The van der Waals surface area contributed by atoms with Gasteiger partial charge in [-0.2, -0.15) is 0 Å². The Labute approximate surface area is 157 Å². The molecule has 5 heteroatoms. The third-order valence-electron chi connectivity index (χ3n) is 3.76. The van der Waals surface area contributed by atoms with Crippen LogP contribution in [0.25, 0.3) is 6.08 Å². The van der Waals surface area contributed by atoms with Crippen LogP contribution in [0.4, 0.5) is 4.79 Å². The lowest BCUT2D eigenvalue weighted by Gasteiger charge is -2.31. The fraction of sp³-hybridized carbons (Fsp3) is 0.524. The van der Waals surface area contributed by atoms with Gasteiger partial charge in [-0.25, -0.2) is 9.59 Å². The van der Waals surface area contributed by atoms with Crippen molar-refractivity contribution in [1.82, 2.24) is 4.90 Å². The molecule has 1 heterocycles. The van der Waals surface area contributed by atoms with Gasteiger partial charge in [0, 0.05) is 13.1 Å². The van der Waals surface area contributed by atoms with E-state index >= 15 is 0 Å². The van der Waals surface area contributed by atoms with Crippen LogP contribution < -0.4 is 0 Å². The Hall–Kier alpha value is -2.30. The number of methoxy groups -OCH3 is 1. The summed E-state index contributed by atoms with van der Waals surface area (Å²) in [5.74, 6) is -0.333. The van der Waals surface area contributed by atoms with E-state index < -0.39 is 5.60 Å². The molecule has 2 rings (SSSR count).